The summed E-state index contributed by atoms with van der Waals surface area (Å²) in [7, 11) is 0. The number of carbonyl (C=O) groups excluding carboxylic acids is 1. The van der Waals surface area contributed by atoms with Crippen LogP contribution in [0.4, 0.5) is 0 Å². The number of carbonyl (C=O) groups is 1. The van der Waals surface area contributed by atoms with Crippen LogP contribution in [0.2, 0.25) is 0 Å². The lowest BCUT2D eigenvalue weighted by Gasteiger charge is -2.12. The summed E-state index contributed by atoms with van der Waals surface area (Å²) < 4.78 is 5.12. The van der Waals surface area contributed by atoms with E-state index in [1.165, 1.54) is 16.7 Å². The van der Waals surface area contributed by atoms with Gasteiger partial charge in [0.1, 0.15) is 0 Å². The molecule has 0 fully saturated rings. The van der Waals surface area contributed by atoms with Crippen molar-refractivity contribution in [1.82, 2.24) is 0 Å². The molecule has 0 saturated carbocycles. The van der Waals surface area contributed by atoms with E-state index in [9.17, 15) is 4.79 Å². The van der Waals surface area contributed by atoms with E-state index in [0.29, 0.717) is 18.9 Å². The molecule has 21 heavy (non-hydrogen) atoms. The summed E-state index contributed by atoms with van der Waals surface area (Å²) in [6, 6.07) is 19.0. The van der Waals surface area contributed by atoms with Gasteiger partial charge in [-0.05, 0) is 36.0 Å². The number of hydrogen-bond acceptors (Lipinski definition) is 2. The fourth-order valence-corrected chi connectivity index (χ4v) is 3.35. The fraction of sp³-hybridized carbons (Fsp3) is 0.316. The van der Waals surface area contributed by atoms with E-state index >= 15 is 0 Å². The minimum Gasteiger partial charge on any atom is -0.466 e. The molecular weight excluding hydrogens is 260 g/mol. The quantitative estimate of drug-likeness (QED) is 0.782. The molecule has 0 aliphatic heterocycles. The van der Waals surface area contributed by atoms with Gasteiger partial charge in [0.2, 0.25) is 0 Å². The van der Waals surface area contributed by atoms with E-state index in [0.717, 1.165) is 6.42 Å². The Morgan fingerprint density at radius 2 is 1.71 bits per heavy atom. The SMILES string of the molecule is CCOC(=O)C[C@@H]1C[C@H](c2ccccc2)c2ccccc21. The van der Waals surface area contributed by atoms with E-state index in [2.05, 4.69) is 48.5 Å². The van der Waals surface area contributed by atoms with Gasteiger partial charge in [0.05, 0.1) is 13.0 Å². The summed E-state index contributed by atoms with van der Waals surface area (Å²) in [6.07, 6.45) is 1.47. The van der Waals surface area contributed by atoms with Crippen molar-refractivity contribution in [2.75, 3.05) is 6.61 Å². The number of esters is 1. The lowest BCUT2D eigenvalue weighted by atomic mass is 9.92. The van der Waals surface area contributed by atoms with E-state index in [1.807, 2.05) is 13.0 Å². The van der Waals surface area contributed by atoms with E-state index in [-0.39, 0.29) is 11.9 Å². The maximum absolute atomic E-state index is 11.8. The minimum atomic E-state index is -0.0917. The standard InChI is InChI=1S/C19H20O2/c1-2-21-19(20)13-15-12-18(14-8-4-3-5-9-14)17-11-7-6-10-16(15)17/h3-11,15,18H,2,12-13H2,1H3/t15-,18+/m0/s1. The number of ether oxygens (including phenoxy) is 1. The summed E-state index contributed by atoms with van der Waals surface area (Å²) in [5.41, 5.74) is 3.99. The molecule has 2 nitrogen and oxygen atoms in total. The van der Waals surface area contributed by atoms with Crippen molar-refractivity contribution in [2.24, 2.45) is 0 Å². The summed E-state index contributed by atoms with van der Waals surface area (Å²) in [6.45, 7) is 2.31. The number of rotatable bonds is 4. The number of benzene rings is 2. The topological polar surface area (TPSA) is 26.3 Å². The smallest absolute Gasteiger partial charge is 0.306 e. The lowest BCUT2D eigenvalue weighted by molar-refractivity contribution is -0.143. The highest BCUT2D eigenvalue weighted by atomic mass is 16.5. The van der Waals surface area contributed by atoms with Crippen LogP contribution in [-0.4, -0.2) is 12.6 Å². The molecule has 1 aliphatic rings. The Bertz CT molecular complexity index is 618. The van der Waals surface area contributed by atoms with Crippen LogP contribution in [0.5, 0.6) is 0 Å². The van der Waals surface area contributed by atoms with Gasteiger partial charge in [-0.1, -0.05) is 54.6 Å². The van der Waals surface area contributed by atoms with Crippen LogP contribution in [0.25, 0.3) is 0 Å². The fourth-order valence-electron chi connectivity index (χ4n) is 3.35. The number of hydrogen-bond donors (Lipinski definition) is 0. The van der Waals surface area contributed by atoms with Crippen molar-refractivity contribution in [3.63, 3.8) is 0 Å². The first-order chi connectivity index (χ1) is 10.3. The molecule has 0 saturated heterocycles. The third kappa shape index (κ3) is 2.85. The molecule has 0 heterocycles. The van der Waals surface area contributed by atoms with Gasteiger partial charge in [0.15, 0.2) is 0 Å². The summed E-state index contributed by atoms with van der Waals surface area (Å²) in [5.74, 6) is 0.568. The Labute approximate surface area is 125 Å². The average molecular weight is 280 g/mol. The third-order valence-corrected chi connectivity index (χ3v) is 4.25. The highest BCUT2D eigenvalue weighted by molar-refractivity contribution is 5.71. The van der Waals surface area contributed by atoms with E-state index in [1.54, 1.807) is 0 Å². The maximum atomic E-state index is 11.8. The van der Waals surface area contributed by atoms with Gasteiger partial charge in [-0.25, -0.2) is 0 Å². The van der Waals surface area contributed by atoms with Crippen molar-refractivity contribution >= 4 is 5.97 Å². The maximum Gasteiger partial charge on any atom is 0.306 e. The molecule has 0 aromatic heterocycles. The normalized spacial score (nSPS) is 20.0. The van der Waals surface area contributed by atoms with Gasteiger partial charge in [-0.2, -0.15) is 0 Å². The van der Waals surface area contributed by atoms with Gasteiger partial charge >= 0.3 is 5.97 Å². The molecule has 2 atom stereocenters. The van der Waals surface area contributed by atoms with Gasteiger partial charge in [-0.3, -0.25) is 4.79 Å². The molecule has 108 valence electrons. The first-order valence-corrected chi connectivity index (χ1v) is 7.59. The van der Waals surface area contributed by atoms with Crippen LogP contribution in [-0.2, 0) is 9.53 Å². The number of fused-ring (bicyclic) bond motifs is 1. The molecule has 0 radical (unpaired) electrons. The van der Waals surface area contributed by atoms with Crippen molar-refractivity contribution in [3.8, 4) is 0 Å². The Morgan fingerprint density at radius 3 is 2.43 bits per heavy atom. The Morgan fingerprint density at radius 1 is 1.05 bits per heavy atom. The van der Waals surface area contributed by atoms with Gasteiger partial charge in [0.25, 0.3) is 0 Å². The monoisotopic (exact) mass is 280 g/mol. The average Bonchev–Trinajstić information content (AvgIpc) is 2.87. The molecule has 0 unspecified atom stereocenters. The predicted octanol–water partition coefficient (Wildman–Crippen LogP) is 4.26. The van der Waals surface area contributed by atoms with Gasteiger partial charge in [-0.15, -0.1) is 0 Å². The van der Waals surface area contributed by atoms with Crippen molar-refractivity contribution in [2.45, 2.75) is 31.6 Å². The molecule has 0 amide bonds. The summed E-state index contributed by atoms with van der Waals surface area (Å²) >= 11 is 0. The van der Waals surface area contributed by atoms with Crippen LogP contribution in [0.3, 0.4) is 0 Å². The molecule has 2 aromatic rings. The Hall–Kier alpha value is -2.09. The molecule has 2 aromatic carbocycles. The van der Waals surface area contributed by atoms with Gasteiger partial charge < -0.3 is 4.74 Å². The van der Waals surface area contributed by atoms with Crippen LogP contribution >= 0.6 is 0 Å². The van der Waals surface area contributed by atoms with Crippen LogP contribution < -0.4 is 0 Å². The second-order valence-corrected chi connectivity index (χ2v) is 5.53. The molecule has 0 spiro atoms. The molecule has 0 N–H and O–H groups in total. The molecular formula is C19H20O2. The second-order valence-electron chi connectivity index (χ2n) is 5.53. The van der Waals surface area contributed by atoms with E-state index < -0.39 is 0 Å². The zero-order valence-electron chi connectivity index (χ0n) is 12.3. The van der Waals surface area contributed by atoms with Crippen LogP contribution in [0, 0.1) is 0 Å². The Balaban J connectivity index is 1.88. The summed E-state index contributed by atoms with van der Waals surface area (Å²) in [5, 5.41) is 0. The first-order valence-electron chi connectivity index (χ1n) is 7.59. The predicted molar refractivity (Wildman–Crippen MR) is 83.3 cm³/mol. The van der Waals surface area contributed by atoms with Crippen LogP contribution in [0.1, 0.15) is 48.3 Å². The Kier molecular flexibility index (Phi) is 4.05. The highest BCUT2D eigenvalue weighted by Crippen LogP contribution is 2.46. The zero-order valence-corrected chi connectivity index (χ0v) is 12.3. The highest BCUT2D eigenvalue weighted by Gasteiger charge is 2.32. The summed E-state index contributed by atoms with van der Waals surface area (Å²) in [4.78, 5) is 11.8. The molecule has 2 heteroatoms. The van der Waals surface area contributed by atoms with Crippen molar-refractivity contribution in [3.05, 3.63) is 71.3 Å². The second kappa shape index (κ2) is 6.13. The van der Waals surface area contributed by atoms with E-state index in [4.69, 9.17) is 4.74 Å². The molecule has 1 aliphatic carbocycles. The lowest BCUT2D eigenvalue weighted by Crippen LogP contribution is -2.08. The first kappa shape index (κ1) is 13.9. The molecule has 3 rings (SSSR count). The van der Waals surface area contributed by atoms with Gasteiger partial charge in [0, 0.05) is 5.92 Å². The minimum absolute atomic E-state index is 0.0917. The third-order valence-electron chi connectivity index (χ3n) is 4.25. The van der Waals surface area contributed by atoms with Crippen molar-refractivity contribution in [1.29, 1.82) is 0 Å². The largest absolute Gasteiger partial charge is 0.466 e. The molecule has 0 bridgehead atoms. The van der Waals surface area contributed by atoms with Crippen LogP contribution in [0.15, 0.2) is 54.6 Å². The van der Waals surface area contributed by atoms with Crippen molar-refractivity contribution < 1.29 is 9.53 Å². The zero-order chi connectivity index (χ0) is 14.7.